The molecule has 8 heteroatoms. The highest BCUT2D eigenvalue weighted by Gasteiger charge is 2.20. The van der Waals surface area contributed by atoms with Crippen LogP contribution in [0.1, 0.15) is 25.8 Å². The number of terminal acetylenes is 1. The van der Waals surface area contributed by atoms with Gasteiger partial charge in [0.15, 0.2) is 0 Å². The summed E-state index contributed by atoms with van der Waals surface area (Å²) in [6.45, 7) is 5.86. The van der Waals surface area contributed by atoms with E-state index in [0.717, 1.165) is 23.1 Å². The molecule has 0 aliphatic carbocycles. The van der Waals surface area contributed by atoms with E-state index in [1.54, 1.807) is 6.08 Å². The predicted molar refractivity (Wildman–Crippen MR) is 138 cm³/mol. The van der Waals surface area contributed by atoms with Crippen molar-refractivity contribution in [2.75, 3.05) is 30.4 Å². The maximum absolute atomic E-state index is 12.7. The van der Waals surface area contributed by atoms with Crippen molar-refractivity contribution >= 4 is 34.0 Å². The van der Waals surface area contributed by atoms with Crippen molar-refractivity contribution < 1.29 is 14.3 Å². The molecule has 1 aliphatic rings. The van der Waals surface area contributed by atoms with Gasteiger partial charge in [0.25, 0.3) is 0 Å². The van der Waals surface area contributed by atoms with Crippen LogP contribution >= 0.6 is 0 Å². The van der Waals surface area contributed by atoms with E-state index < -0.39 is 0 Å². The van der Waals surface area contributed by atoms with Crippen LogP contribution in [-0.4, -0.2) is 47.8 Å². The maximum atomic E-state index is 12.7. The third kappa shape index (κ3) is 6.57. The molecule has 1 fully saturated rings. The summed E-state index contributed by atoms with van der Waals surface area (Å²) in [4.78, 5) is 21.5. The first-order valence-electron chi connectivity index (χ1n) is 11.6. The van der Waals surface area contributed by atoms with Crippen LogP contribution in [0.25, 0.3) is 10.9 Å². The molecule has 180 valence electrons. The number of carbonyl (C=O) groups excluding carboxylic acids is 1. The molecule has 1 aliphatic heterocycles. The Labute approximate surface area is 205 Å². The van der Waals surface area contributed by atoms with E-state index in [4.69, 9.17) is 15.9 Å². The summed E-state index contributed by atoms with van der Waals surface area (Å²) < 4.78 is 11.6. The third-order valence-corrected chi connectivity index (χ3v) is 5.38. The van der Waals surface area contributed by atoms with Crippen molar-refractivity contribution in [1.29, 1.82) is 0 Å². The van der Waals surface area contributed by atoms with E-state index in [1.165, 1.54) is 12.4 Å². The summed E-state index contributed by atoms with van der Waals surface area (Å²) in [5, 5.41) is 10.2. The zero-order valence-corrected chi connectivity index (χ0v) is 19.9. The fraction of sp³-hybridized carbons (Fsp3) is 0.296. The van der Waals surface area contributed by atoms with Gasteiger partial charge < -0.3 is 25.4 Å². The molecule has 0 unspecified atom stereocenters. The lowest BCUT2D eigenvalue weighted by Gasteiger charge is -2.17. The quantitative estimate of drug-likeness (QED) is 0.320. The van der Waals surface area contributed by atoms with Gasteiger partial charge in [-0.15, -0.1) is 6.42 Å². The van der Waals surface area contributed by atoms with E-state index in [-0.39, 0.29) is 12.0 Å². The van der Waals surface area contributed by atoms with Crippen LogP contribution in [-0.2, 0) is 9.53 Å². The van der Waals surface area contributed by atoms with Gasteiger partial charge in [-0.05, 0) is 24.3 Å². The molecule has 8 nitrogen and oxygen atoms in total. The third-order valence-electron chi connectivity index (χ3n) is 5.38. The highest BCUT2D eigenvalue weighted by molar-refractivity contribution is 6.03. The van der Waals surface area contributed by atoms with Gasteiger partial charge in [0.1, 0.15) is 24.0 Å². The molecule has 0 radical (unpaired) electrons. The zero-order valence-electron chi connectivity index (χ0n) is 19.9. The number of nitrogens with one attached hydrogen (secondary N) is 3. The number of hydrogen-bond donors (Lipinski definition) is 3. The highest BCUT2D eigenvalue weighted by atomic mass is 16.5. The number of ether oxygens (including phenoxy) is 2. The number of carbonyl (C=O) groups is 1. The Kier molecular flexibility index (Phi) is 7.93. The Morgan fingerprint density at radius 2 is 2.20 bits per heavy atom. The molecule has 2 aromatic carbocycles. The number of aromatic nitrogens is 2. The average molecular weight is 472 g/mol. The minimum Gasteiger partial charge on any atom is -0.486 e. The average Bonchev–Trinajstić information content (AvgIpc) is 3.36. The van der Waals surface area contributed by atoms with Crippen molar-refractivity contribution in [3.63, 3.8) is 0 Å². The number of fused-ring (bicyclic) bond motifs is 1. The number of anilines is 3. The first-order chi connectivity index (χ1) is 17.0. The van der Waals surface area contributed by atoms with E-state index in [2.05, 4.69) is 45.7 Å². The standard InChI is InChI=1S/C27H29N5O3/c1-4-19-7-5-8-20(13-19)31-27-22-14-24(32-26(33)9-6-11-28-18(2)3)25(15-23(22)29-17-30-27)35-21-10-12-34-16-21/h1,5-9,13-15,17-18,21,28H,10-12,16H2,2-3H3,(H,32,33)(H,29,30,31)/b9-6+/t21-/m0/s1. The molecule has 3 N–H and O–H groups in total. The summed E-state index contributed by atoms with van der Waals surface area (Å²) in [5.41, 5.74) is 2.77. The van der Waals surface area contributed by atoms with Crippen molar-refractivity contribution in [2.24, 2.45) is 0 Å². The Morgan fingerprint density at radius 1 is 1.31 bits per heavy atom. The van der Waals surface area contributed by atoms with Gasteiger partial charge in [-0.3, -0.25) is 4.79 Å². The number of nitrogens with zero attached hydrogens (tertiary/aromatic N) is 2. The van der Waals surface area contributed by atoms with Crippen LogP contribution in [0, 0.1) is 12.3 Å². The number of rotatable bonds is 9. The number of hydrogen-bond acceptors (Lipinski definition) is 7. The Hall–Kier alpha value is -3.93. The van der Waals surface area contributed by atoms with Crippen LogP contribution in [0.5, 0.6) is 5.75 Å². The molecule has 35 heavy (non-hydrogen) atoms. The van der Waals surface area contributed by atoms with Gasteiger partial charge >= 0.3 is 0 Å². The van der Waals surface area contributed by atoms with Crippen molar-refractivity contribution in [1.82, 2.24) is 15.3 Å². The lowest BCUT2D eigenvalue weighted by atomic mass is 10.1. The highest BCUT2D eigenvalue weighted by Crippen LogP contribution is 2.34. The second-order valence-corrected chi connectivity index (χ2v) is 8.50. The Bertz CT molecular complexity index is 1260. The second-order valence-electron chi connectivity index (χ2n) is 8.50. The first kappa shape index (κ1) is 24.2. The Balaban J connectivity index is 1.65. The van der Waals surface area contributed by atoms with Crippen molar-refractivity contribution in [2.45, 2.75) is 32.4 Å². The molecular formula is C27H29N5O3. The Morgan fingerprint density at radius 3 is 2.97 bits per heavy atom. The summed E-state index contributed by atoms with van der Waals surface area (Å²) in [6.07, 6.45) is 11.0. The van der Waals surface area contributed by atoms with E-state index in [1.807, 2.05) is 36.4 Å². The van der Waals surface area contributed by atoms with Gasteiger partial charge in [0, 0.05) is 47.8 Å². The van der Waals surface area contributed by atoms with Gasteiger partial charge in [-0.2, -0.15) is 0 Å². The predicted octanol–water partition coefficient (Wildman–Crippen LogP) is 4.02. The van der Waals surface area contributed by atoms with Gasteiger partial charge in [0.2, 0.25) is 5.91 Å². The summed E-state index contributed by atoms with van der Waals surface area (Å²) in [7, 11) is 0. The van der Waals surface area contributed by atoms with Crippen LogP contribution in [0.2, 0.25) is 0 Å². The largest absolute Gasteiger partial charge is 0.486 e. The molecule has 3 aromatic rings. The molecule has 1 amide bonds. The molecule has 0 bridgehead atoms. The van der Waals surface area contributed by atoms with Crippen LogP contribution in [0.4, 0.5) is 17.2 Å². The monoisotopic (exact) mass is 471 g/mol. The minimum absolute atomic E-state index is 0.0835. The molecule has 1 saturated heterocycles. The zero-order chi connectivity index (χ0) is 24.6. The first-order valence-corrected chi connectivity index (χ1v) is 11.6. The number of benzene rings is 2. The topological polar surface area (TPSA) is 97.4 Å². The molecule has 0 saturated carbocycles. The lowest BCUT2D eigenvalue weighted by molar-refractivity contribution is -0.111. The lowest BCUT2D eigenvalue weighted by Crippen LogP contribution is -2.22. The van der Waals surface area contributed by atoms with Crippen LogP contribution in [0.15, 0.2) is 54.9 Å². The van der Waals surface area contributed by atoms with Gasteiger partial charge in [0.05, 0.1) is 24.4 Å². The van der Waals surface area contributed by atoms with E-state index >= 15 is 0 Å². The summed E-state index contributed by atoms with van der Waals surface area (Å²) in [5.74, 6) is 3.50. The molecular weight excluding hydrogens is 442 g/mol. The molecule has 2 heterocycles. The van der Waals surface area contributed by atoms with Crippen LogP contribution < -0.4 is 20.7 Å². The summed E-state index contributed by atoms with van der Waals surface area (Å²) in [6, 6.07) is 11.5. The molecule has 1 aromatic heterocycles. The fourth-order valence-corrected chi connectivity index (χ4v) is 3.63. The van der Waals surface area contributed by atoms with Gasteiger partial charge in [-0.1, -0.05) is 31.9 Å². The summed E-state index contributed by atoms with van der Waals surface area (Å²) >= 11 is 0. The van der Waals surface area contributed by atoms with E-state index in [0.29, 0.717) is 48.6 Å². The SMILES string of the molecule is C#Cc1cccc(Nc2ncnc3cc(O[C@H]4CCOC4)c(NC(=O)/C=C/CNC(C)C)cc23)c1. The van der Waals surface area contributed by atoms with Gasteiger partial charge in [-0.25, -0.2) is 9.97 Å². The maximum Gasteiger partial charge on any atom is 0.248 e. The fourth-order valence-electron chi connectivity index (χ4n) is 3.63. The molecule has 1 atom stereocenters. The smallest absolute Gasteiger partial charge is 0.248 e. The molecule has 0 spiro atoms. The van der Waals surface area contributed by atoms with Crippen LogP contribution in [0.3, 0.4) is 0 Å². The second kappa shape index (κ2) is 11.5. The minimum atomic E-state index is -0.254. The molecule has 4 rings (SSSR count). The van der Waals surface area contributed by atoms with E-state index in [9.17, 15) is 4.79 Å². The normalized spacial score (nSPS) is 15.4. The van der Waals surface area contributed by atoms with Crippen molar-refractivity contribution in [3.05, 3.63) is 60.4 Å². The van der Waals surface area contributed by atoms with Crippen molar-refractivity contribution in [3.8, 4) is 18.1 Å². The number of amides is 1.